The number of nitrogens with one attached hydrogen (secondary N) is 2. The van der Waals surface area contributed by atoms with Gasteiger partial charge in [0.2, 0.25) is 5.95 Å². The summed E-state index contributed by atoms with van der Waals surface area (Å²) in [6.45, 7) is 0.882. The molecule has 3 N–H and O–H groups in total. The van der Waals surface area contributed by atoms with E-state index in [1.807, 2.05) is 30.3 Å². The van der Waals surface area contributed by atoms with Crippen LogP contribution < -0.4 is 10.9 Å². The van der Waals surface area contributed by atoms with Crippen molar-refractivity contribution in [1.82, 2.24) is 19.7 Å². The Morgan fingerprint density at radius 1 is 1.29 bits per heavy atom. The van der Waals surface area contributed by atoms with E-state index < -0.39 is 0 Å². The van der Waals surface area contributed by atoms with Gasteiger partial charge >= 0.3 is 0 Å². The van der Waals surface area contributed by atoms with E-state index in [2.05, 4.69) is 20.4 Å². The molecule has 2 aromatic heterocycles. The number of aliphatic hydroxyl groups is 1. The van der Waals surface area contributed by atoms with Crippen LogP contribution in [0, 0.1) is 5.41 Å². The van der Waals surface area contributed by atoms with Crippen molar-refractivity contribution in [3.05, 3.63) is 46.9 Å². The Labute approximate surface area is 138 Å². The molecule has 7 nitrogen and oxygen atoms in total. The summed E-state index contributed by atoms with van der Waals surface area (Å²) in [4.78, 5) is 19.6. The summed E-state index contributed by atoms with van der Waals surface area (Å²) in [5, 5.41) is 17.1. The Bertz CT molecular complexity index is 912. The monoisotopic (exact) mass is 325 g/mol. The van der Waals surface area contributed by atoms with Gasteiger partial charge in [-0.1, -0.05) is 18.2 Å². The fraction of sp³-hybridized carbons (Fsp3) is 0.353. The maximum Gasteiger partial charge on any atom is 0.263 e. The van der Waals surface area contributed by atoms with E-state index in [4.69, 9.17) is 5.11 Å². The van der Waals surface area contributed by atoms with Gasteiger partial charge < -0.3 is 10.4 Å². The molecule has 24 heavy (non-hydrogen) atoms. The molecule has 1 aromatic carbocycles. The van der Waals surface area contributed by atoms with Gasteiger partial charge in [-0.25, -0.2) is 4.68 Å². The Hall–Kier alpha value is -2.67. The van der Waals surface area contributed by atoms with Gasteiger partial charge in [-0.2, -0.15) is 10.1 Å². The van der Waals surface area contributed by atoms with Gasteiger partial charge in [-0.3, -0.25) is 9.78 Å². The average Bonchev–Trinajstić information content (AvgIpc) is 3.23. The molecule has 0 saturated heterocycles. The third-order valence-electron chi connectivity index (χ3n) is 4.67. The summed E-state index contributed by atoms with van der Waals surface area (Å²) < 4.78 is 1.66. The lowest BCUT2D eigenvalue weighted by atomic mass is 10.0. The number of aromatic nitrogens is 4. The van der Waals surface area contributed by atoms with Gasteiger partial charge in [0, 0.05) is 13.2 Å². The van der Waals surface area contributed by atoms with Gasteiger partial charge in [0.25, 0.3) is 5.56 Å². The largest absolute Gasteiger partial charge is 0.396 e. The number of benzene rings is 1. The maximum atomic E-state index is 12.3. The summed E-state index contributed by atoms with van der Waals surface area (Å²) in [6.07, 6.45) is 4.49. The van der Waals surface area contributed by atoms with Crippen molar-refractivity contribution in [3.8, 4) is 5.69 Å². The Morgan fingerprint density at radius 3 is 2.79 bits per heavy atom. The number of hydrogen-bond acceptors (Lipinski definition) is 5. The fourth-order valence-electron chi connectivity index (χ4n) is 2.96. The summed E-state index contributed by atoms with van der Waals surface area (Å²) in [6, 6.07) is 9.60. The number of nitrogens with zero attached hydrogens (tertiary/aromatic N) is 3. The van der Waals surface area contributed by atoms with Crippen LogP contribution in [0.2, 0.25) is 0 Å². The van der Waals surface area contributed by atoms with Crippen LogP contribution in [0.3, 0.4) is 0 Å². The molecule has 3 aromatic rings. The minimum Gasteiger partial charge on any atom is -0.396 e. The lowest BCUT2D eigenvalue weighted by Gasteiger charge is -2.14. The molecular formula is C17H19N5O2. The van der Waals surface area contributed by atoms with Gasteiger partial charge in [0.15, 0.2) is 5.65 Å². The van der Waals surface area contributed by atoms with Crippen molar-refractivity contribution in [2.45, 2.75) is 19.3 Å². The minimum absolute atomic E-state index is 0.141. The van der Waals surface area contributed by atoms with Crippen LogP contribution in [0.15, 0.2) is 41.3 Å². The first kappa shape index (κ1) is 14.9. The van der Waals surface area contributed by atoms with E-state index in [9.17, 15) is 4.79 Å². The molecule has 0 radical (unpaired) electrons. The van der Waals surface area contributed by atoms with Crippen molar-refractivity contribution < 1.29 is 5.11 Å². The molecule has 0 amide bonds. The number of rotatable bonds is 6. The van der Waals surface area contributed by atoms with Gasteiger partial charge in [0.1, 0.15) is 5.39 Å². The molecule has 1 aliphatic rings. The lowest BCUT2D eigenvalue weighted by molar-refractivity contribution is 0.253. The van der Waals surface area contributed by atoms with Crippen molar-refractivity contribution in [3.63, 3.8) is 0 Å². The van der Waals surface area contributed by atoms with E-state index in [0.717, 1.165) is 24.9 Å². The molecular weight excluding hydrogens is 306 g/mol. The number of aliphatic hydroxyl groups excluding tert-OH is 1. The van der Waals surface area contributed by atoms with Gasteiger partial charge in [-0.15, -0.1) is 0 Å². The number of hydrogen-bond donors (Lipinski definition) is 3. The van der Waals surface area contributed by atoms with Crippen molar-refractivity contribution in [2.24, 2.45) is 5.41 Å². The van der Waals surface area contributed by atoms with E-state index in [-0.39, 0.29) is 17.6 Å². The fourth-order valence-corrected chi connectivity index (χ4v) is 2.96. The van der Waals surface area contributed by atoms with E-state index in [1.165, 1.54) is 6.20 Å². The Kier molecular flexibility index (Phi) is 3.57. The second-order valence-electron chi connectivity index (χ2n) is 6.37. The molecule has 7 heteroatoms. The number of para-hydroxylation sites is 1. The first-order valence-electron chi connectivity index (χ1n) is 8.09. The zero-order chi connectivity index (χ0) is 16.6. The van der Waals surface area contributed by atoms with Crippen LogP contribution >= 0.6 is 0 Å². The maximum absolute atomic E-state index is 12.3. The number of H-pyrrole nitrogens is 1. The highest BCUT2D eigenvalue weighted by Crippen LogP contribution is 2.48. The summed E-state index contributed by atoms with van der Waals surface area (Å²) >= 11 is 0. The summed E-state index contributed by atoms with van der Waals surface area (Å²) in [5.74, 6) is 0.439. The summed E-state index contributed by atoms with van der Waals surface area (Å²) in [7, 11) is 0. The second kappa shape index (κ2) is 5.76. The Balaban J connectivity index is 1.67. The highest BCUT2D eigenvalue weighted by molar-refractivity contribution is 5.76. The summed E-state index contributed by atoms with van der Waals surface area (Å²) in [5.41, 5.74) is 1.31. The van der Waals surface area contributed by atoms with Crippen LogP contribution in [0.1, 0.15) is 19.3 Å². The molecule has 0 aliphatic heterocycles. The zero-order valence-electron chi connectivity index (χ0n) is 13.2. The van der Waals surface area contributed by atoms with E-state index >= 15 is 0 Å². The zero-order valence-corrected chi connectivity index (χ0v) is 13.2. The normalized spacial score (nSPS) is 15.5. The van der Waals surface area contributed by atoms with Crippen LogP contribution in [0.4, 0.5) is 5.95 Å². The molecule has 124 valence electrons. The van der Waals surface area contributed by atoms with Gasteiger partial charge in [0.05, 0.1) is 11.9 Å². The molecule has 1 aliphatic carbocycles. The number of fused-ring (bicyclic) bond motifs is 1. The quantitative estimate of drug-likeness (QED) is 0.641. The average molecular weight is 325 g/mol. The SMILES string of the molecule is O=c1[nH]c(NCC2(CCO)CC2)nc2c1cnn2-c1ccccc1. The first-order chi connectivity index (χ1) is 11.7. The third kappa shape index (κ3) is 2.67. The van der Waals surface area contributed by atoms with Gasteiger partial charge in [-0.05, 0) is 36.8 Å². The molecule has 1 saturated carbocycles. The molecule has 0 spiro atoms. The first-order valence-corrected chi connectivity index (χ1v) is 8.09. The standard InChI is InChI=1S/C17H19N5O2/c23-9-8-17(6-7-17)11-18-16-20-14-13(15(24)21-16)10-19-22(14)12-4-2-1-3-5-12/h1-5,10,23H,6-9,11H2,(H2,18,20,21,24). The molecule has 4 rings (SSSR count). The lowest BCUT2D eigenvalue weighted by Crippen LogP contribution is -2.20. The predicted octanol–water partition coefficient (Wildman–Crippen LogP) is 1.68. The third-order valence-corrected chi connectivity index (χ3v) is 4.67. The molecule has 2 heterocycles. The highest BCUT2D eigenvalue weighted by Gasteiger charge is 2.41. The number of aromatic amines is 1. The van der Waals surface area contributed by atoms with Crippen LogP contribution in [0.5, 0.6) is 0 Å². The molecule has 1 fully saturated rings. The topological polar surface area (TPSA) is 95.8 Å². The smallest absolute Gasteiger partial charge is 0.263 e. The van der Waals surface area contributed by atoms with Crippen LogP contribution in [-0.2, 0) is 0 Å². The molecule has 0 unspecified atom stereocenters. The second-order valence-corrected chi connectivity index (χ2v) is 6.37. The predicted molar refractivity (Wildman–Crippen MR) is 91.3 cm³/mol. The van der Waals surface area contributed by atoms with Crippen LogP contribution in [-0.4, -0.2) is 38.0 Å². The highest BCUT2D eigenvalue weighted by atomic mass is 16.3. The van der Waals surface area contributed by atoms with Crippen molar-refractivity contribution in [2.75, 3.05) is 18.5 Å². The van der Waals surface area contributed by atoms with Crippen molar-refractivity contribution >= 4 is 17.0 Å². The van der Waals surface area contributed by atoms with Crippen molar-refractivity contribution in [1.29, 1.82) is 0 Å². The number of anilines is 1. The molecule has 0 bridgehead atoms. The van der Waals surface area contributed by atoms with E-state index in [1.54, 1.807) is 4.68 Å². The van der Waals surface area contributed by atoms with E-state index in [0.29, 0.717) is 23.5 Å². The Morgan fingerprint density at radius 2 is 2.08 bits per heavy atom. The molecule has 0 atom stereocenters. The minimum atomic E-state index is -0.211. The van der Waals surface area contributed by atoms with Crippen LogP contribution in [0.25, 0.3) is 16.7 Å².